The minimum atomic E-state index is -3.62. The zero-order chi connectivity index (χ0) is 32.9. The van der Waals surface area contributed by atoms with Crippen LogP contribution in [0.2, 0.25) is 5.02 Å². The fourth-order valence-electron chi connectivity index (χ4n) is 3.93. The van der Waals surface area contributed by atoms with Gasteiger partial charge in [-0.15, -0.1) is 0 Å². The van der Waals surface area contributed by atoms with Crippen molar-refractivity contribution in [1.82, 2.24) is 15.3 Å². The van der Waals surface area contributed by atoms with Crippen molar-refractivity contribution < 1.29 is 37.5 Å². The van der Waals surface area contributed by atoms with Gasteiger partial charge in [0.25, 0.3) is 0 Å². The lowest BCUT2D eigenvalue weighted by molar-refractivity contribution is -0.387. The number of hydrogen-bond donors (Lipinski definition) is 2. The summed E-state index contributed by atoms with van der Waals surface area (Å²) in [4.78, 5) is 37.5. The molecule has 0 amide bonds. The Hall–Kier alpha value is -5.21. The predicted molar refractivity (Wildman–Crippen MR) is 162 cm³/mol. The number of aliphatic imine (C=N–C) groups is 1. The molecule has 0 fully saturated rings. The molecule has 2 heterocycles. The highest BCUT2D eigenvalue weighted by Crippen LogP contribution is 2.41. The largest absolute Gasteiger partial charge is 0.479 e. The Morgan fingerprint density at radius 1 is 1.22 bits per heavy atom. The summed E-state index contributed by atoms with van der Waals surface area (Å²) in [6.07, 6.45) is -1.52. The molecule has 16 nitrogen and oxygen atoms in total. The number of ether oxygens (including phenoxy) is 3. The number of benzene rings is 2. The van der Waals surface area contributed by atoms with Crippen molar-refractivity contribution in [2.24, 2.45) is 4.99 Å². The molecule has 18 heteroatoms. The molecule has 0 spiro atoms. The van der Waals surface area contributed by atoms with Crippen LogP contribution in [0.5, 0.6) is 29.3 Å². The van der Waals surface area contributed by atoms with E-state index in [-0.39, 0.29) is 22.1 Å². The van der Waals surface area contributed by atoms with Gasteiger partial charge in [0.15, 0.2) is 11.9 Å². The van der Waals surface area contributed by atoms with Crippen LogP contribution in [0.1, 0.15) is 17.5 Å². The summed E-state index contributed by atoms with van der Waals surface area (Å²) in [5, 5.41) is 34.5. The first-order valence-electron chi connectivity index (χ1n) is 13.0. The van der Waals surface area contributed by atoms with E-state index in [1.165, 1.54) is 18.2 Å². The van der Waals surface area contributed by atoms with Crippen LogP contribution >= 0.6 is 11.6 Å². The Morgan fingerprint density at radius 3 is 2.56 bits per heavy atom. The number of aliphatic carboxylic acids is 1. The first kappa shape index (κ1) is 32.7. The molecule has 0 saturated carbocycles. The number of amidine groups is 1. The average Bonchev–Trinajstić information content (AvgIpc) is 3.50. The molecule has 1 aliphatic heterocycles. The van der Waals surface area contributed by atoms with Gasteiger partial charge in [-0.3, -0.25) is 15.1 Å². The maximum Gasteiger partial charge on any atom is 0.392 e. The molecule has 1 unspecified atom stereocenters. The zero-order valence-corrected chi connectivity index (χ0v) is 25.6. The van der Waals surface area contributed by atoms with E-state index in [1.807, 2.05) is 12.1 Å². The number of carboxylic acids is 1. The number of aromatic nitrogens is 2. The molecule has 0 bridgehead atoms. The summed E-state index contributed by atoms with van der Waals surface area (Å²) >= 11 is 6.21. The molecule has 0 saturated heterocycles. The number of rotatable bonds is 13. The number of hydrogen-bond acceptors (Lipinski definition) is 14. The lowest BCUT2D eigenvalue weighted by Gasteiger charge is -2.18. The Balaban J connectivity index is 1.86. The van der Waals surface area contributed by atoms with Crippen LogP contribution in [-0.2, 0) is 14.6 Å². The summed E-state index contributed by atoms with van der Waals surface area (Å²) in [6.45, 7) is 1.17. The normalized spacial score (nSPS) is 13.2. The highest BCUT2D eigenvalue weighted by Gasteiger charge is 2.34. The van der Waals surface area contributed by atoms with Gasteiger partial charge in [-0.2, -0.15) is 15.2 Å². The average molecular weight is 660 g/mol. The maximum absolute atomic E-state index is 12.3. The third-order valence-electron chi connectivity index (χ3n) is 6.09. The Kier molecular flexibility index (Phi) is 9.89. The number of nitrogens with zero attached hydrogens (tertiary/aromatic N) is 6. The van der Waals surface area contributed by atoms with Crippen molar-refractivity contribution in [3.8, 4) is 35.3 Å². The first-order valence-corrected chi connectivity index (χ1v) is 15.5. The van der Waals surface area contributed by atoms with E-state index in [0.717, 1.165) is 6.26 Å². The fourth-order valence-corrected chi connectivity index (χ4v) is 4.73. The van der Waals surface area contributed by atoms with Crippen molar-refractivity contribution in [1.29, 1.82) is 5.26 Å². The number of nitriles is 1. The fraction of sp³-hybridized carbons (Fsp3) is 0.296. The van der Waals surface area contributed by atoms with E-state index < -0.39 is 62.5 Å². The van der Waals surface area contributed by atoms with Crippen molar-refractivity contribution in [2.75, 3.05) is 44.1 Å². The Morgan fingerprint density at radius 2 is 1.96 bits per heavy atom. The molecule has 45 heavy (non-hydrogen) atoms. The molecule has 0 aliphatic carbocycles. The molecule has 0 radical (unpaired) electrons. The van der Waals surface area contributed by atoms with Crippen molar-refractivity contribution in [3.63, 3.8) is 0 Å². The summed E-state index contributed by atoms with van der Waals surface area (Å²) in [6, 6.07) is 10.3. The molecule has 3 aromatic rings. The van der Waals surface area contributed by atoms with Crippen LogP contribution in [0, 0.1) is 21.4 Å². The van der Waals surface area contributed by atoms with Gasteiger partial charge < -0.3 is 29.5 Å². The molecule has 2 aromatic carbocycles. The molecule has 1 atom stereocenters. The predicted octanol–water partition coefficient (Wildman–Crippen LogP) is 3.18. The second-order valence-electron chi connectivity index (χ2n) is 9.81. The topological polar surface area (TPSA) is 219 Å². The monoisotopic (exact) mass is 659 g/mol. The lowest BCUT2D eigenvalue weighted by Crippen LogP contribution is -2.30. The maximum atomic E-state index is 12.3. The van der Waals surface area contributed by atoms with Gasteiger partial charge >= 0.3 is 29.4 Å². The number of sulfone groups is 1. The number of anilines is 1. The third kappa shape index (κ3) is 8.46. The van der Waals surface area contributed by atoms with Gasteiger partial charge in [-0.25, -0.2) is 13.2 Å². The summed E-state index contributed by atoms with van der Waals surface area (Å²) in [5.74, 6) is -3.20. The van der Waals surface area contributed by atoms with Crippen LogP contribution in [0.15, 0.2) is 41.4 Å². The van der Waals surface area contributed by atoms with Gasteiger partial charge in [0.05, 0.1) is 33.9 Å². The smallest absolute Gasteiger partial charge is 0.392 e. The molecule has 4 rings (SSSR count). The van der Waals surface area contributed by atoms with Gasteiger partial charge in [0.2, 0.25) is 0 Å². The zero-order valence-electron chi connectivity index (χ0n) is 24.1. The van der Waals surface area contributed by atoms with Crippen LogP contribution in [0.3, 0.4) is 0 Å². The number of nitro groups is 1. The molecular weight excluding hydrogens is 634 g/mol. The number of carbonyl (C=O) groups is 1. The van der Waals surface area contributed by atoms with Crippen LogP contribution in [0.25, 0.3) is 0 Å². The number of nitrogens with one attached hydrogen (secondary N) is 1. The summed E-state index contributed by atoms with van der Waals surface area (Å²) in [7, 11) is -0.0676. The van der Waals surface area contributed by atoms with E-state index in [0.29, 0.717) is 30.2 Å². The third-order valence-corrected chi connectivity index (χ3v) is 7.38. The summed E-state index contributed by atoms with van der Waals surface area (Å²) in [5.41, 5.74) is 0.464. The highest BCUT2D eigenvalue weighted by atomic mass is 35.5. The standard InChI is InChI=1S/C27H26ClN7O9S/c1-34(2)17-11-16(23-30-7-8-31-23)12-18(13-17)42-24-22(35(38)39)25(43-20(26(36)37)6-9-45(3,40)41)33-27(32-24)44-21-10-15(14-29)4-5-19(21)28/h4-5,10-13,20H,6-9H2,1-3H3,(H,30,31)(H,36,37). The lowest BCUT2D eigenvalue weighted by atomic mass is 10.1. The van der Waals surface area contributed by atoms with E-state index in [2.05, 4.69) is 20.3 Å². The molecular formula is C27H26ClN7O9S. The van der Waals surface area contributed by atoms with Crippen molar-refractivity contribution >= 4 is 44.6 Å². The van der Waals surface area contributed by atoms with E-state index in [1.54, 1.807) is 31.1 Å². The minimum Gasteiger partial charge on any atom is -0.479 e. The van der Waals surface area contributed by atoms with Crippen molar-refractivity contribution in [2.45, 2.75) is 12.5 Å². The Labute approximate surface area is 261 Å². The van der Waals surface area contributed by atoms with Crippen LogP contribution in [-0.4, -0.2) is 85.5 Å². The van der Waals surface area contributed by atoms with Crippen LogP contribution < -0.4 is 24.4 Å². The number of halogens is 1. The second-order valence-corrected chi connectivity index (χ2v) is 12.5. The van der Waals surface area contributed by atoms with Gasteiger partial charge in [0, 0.05) is 56.7 Å². The second kappa shape index (κ2) is 13.6. The van der Waals surface area contributed by atoms with Gasteiger partial charge in [0.1, 0.15) is 21.4 Å². The Bertz CT molecular complexity index is 1830. The van der Waals surface area contributed by atoms with Crippen LogP contribution in [0.4, 0.5) is 11.4 Å². The SMILES string of the molecule is CN(C)c1cc(Oc2nc(Oc3cc(C#N)ccc3Cl)nc(OC(CCS(C)(=O)=O)C(=O)O)c2[N+](=O)[O-])cc(C2=NCCN2)c1. The first-order chi connectivity index (χ1) is 21.2. The molecule has 2 N–H and O–H groups in total. The minimum absolute atomic E-state index is 0.0330. The summed E-state index contributed by atoms with van der Waals surface area (Å²) < 4.78 is 40.4. The van der Waals surface area contributed by atoms with E-state index >= 15 is 0 Å². The highest BCUT2D eigenvalue weighted by molar-refractivity contribution is 7.90. The molecule has 1 aliphatic rings. The van der Waals surface area contributed by atoms with Gasteiger partial charge in [-0.1, -0.05) is 11.6 Å². The van der Waals surface area contributed by atoms with Crippen molar-refractivity contribution in [3.05, 3.63) is 62.7 Å². The number of carboxylic acid groups (broad SMARTS) is 1. The van der Waals surface area contributed by atoms with E-state index in [4.69, 9.17) is 25.8 Å². The molecule has 236 valence electrons. The quantitative estimate of drug-likeness (QED) is 0.199. The van der Waals surface area contributed by atoms with Gasteiger partial charge in [-0.05, 0) is 24.3 Å². The molecule has 1 aromatic heterocycles. The van der Waals surface area contributed by atoms with E-state index in [9.17, 15) is 33.7 Å².